The van der Waals surface area contributed by atoms with Crippen LogP contribution in [0, 0.1) is 0 Å². The summed E-state index contributed by atoms with van der Waals surface area (Å²) in [4.78, 5) is 17.7. The maximum atomic E-state index is 11.5. The number of hydrogen-bond acceptors (Lipinski definition) is 6. The van der Waals surface area contributed by atoms with Crippen LogP contribution in [0.5, 0.6) is 0 Å². The third-order valence-corrected chi connectivity index (χ3v) is 5.14. The highest BCUT2D eigenvalue weighted by Gasteiger charge is 2.28. The molecule has 0 aliphatic carbocycles. The second-order valence-corrected chi connectivity index (χ2v) is 7.15. The van der Waals surface area contributed by atoms with Crippen molar-refractivity contribution in [3.8, 4) is 0 Å². The van der Waals surface area contributed by atoms with Gasteiger partial charge in [0.25, 0.3) is 5.91 Å². The number of nitrogen functional groups attached to an aromatic ring is 1. The summed E-state index contributed by atoms with van der Waals surface area (Å²) in [6.07, 6.45) is 0. The van der Waals surface area contributed by atoms with Gasteiger partial charge in [0.05, 0.1) is 17.2 Å². The van der Waals surface area contributed by atoms with E-state index in [9.17, 15) is 13.2 Å². The summed E-state index contributed by atoms with van der Waals surface area (Å²) in [5.74, 6) is 4.96. The zero-order valence-electron chi connectivity index (χ0n) is 11.2. The Morgan fingerprint density at radius 1 is 1.55 bits per heavy atom. The smallest absolute Gasteiger partial charge is 0.283 e. The molecular weight excluding hydrogens is 280 g/mol. The minimum absolute atomic E-state index is 0.0532. The van der Waals surface area contributed by atoms with Crippen LogP contribution in [0.3, 0.4) is 0 Å². The Kier molecular flexibility index (Phi) is 4.36. The number of aromatic nitrogens is 1. The van der Waals surface area contributed by atoms with Gasteiger partial charge in [-0.15, -0.1) is 0 Å². The summed E-state index contributed by atoms with van der Waals surface area (Å²) in [5.41, 5.74) is 3.01. The average Bonchev–Trinajstić information content (AvgIpc) is 2.41. The molecule has 1 saturated heterocycles. The van der Waals surface area contributed by atoms with Crippen molar-refractivity contribution in [2.24, 2.45) is 5.84 Å². The first-order valence-electron chi connectivity index (χ1n) is 6.32. The number of carbonyl (C=O) groups excluding carboxylic acids is 1. The maximum absolute atomic E-state index is 11.5. The molecule has 1 fully saturated rings. The van der Waals surface area contributed by atoms with Gasteiger partial charge in [0.15, 0.2) is 9.84 Å². The molecule has 20 heavy (non-hydrogen) atoms. The quantitative estimate of drug-likeness (QED) is 0.434. The molecule has 1 aromatic heterocycles. The number of nitrogens with two attached hydrogens (primary N) is 1. The molecule has 1 aliphatic heterocycles. The van der Waals surface area contributed by atoms with Gasteiger partial charge in [-0.2, -0.15) is 0 Å². The number of nitrogens with zero attached hydrogens (tertiary/aromatic N) is 2. The van der Waals surface area contributed by atoms with E-state index < -0.39 is 15.7 Å². The van der Waals surface area contributed by atoms with Gasteiger partial charge in [0.2, 0.25) is 0 Å². The van der Waals surface area contributed by atoms with Crippen LogP contribution in [0.1, 0.15) is 23.1 Å². The Labute approximate surface area is 118 Å². The van der Waals surface area contributed by atoms with E-state index in [-0.39, 0.29) is 23.2 Å². The molecule has 1 aromatic rings. The van der Waals surface area contributed by atoms with Crippen LogP contribution in [0.2, 0.25) is 0 Å². The summed E-state index contributed by atoms with van der Waals surface area (Å²) in [5, 5.41) is 0. The van der Waals surface area contributed by atoms with Gasteiger partial charge in [-0.25, -0.2) is 19.2 Å². The van der Waals surface area contributed by atoms with Gasteiger partial charge in [0, 0.05) is 19.1 Å². The summed E-state index contributed by atoms with van der Waals surface area (Å²) in [6, 6.07) is 5.07. The number of sulfone groups is 1. The molecule has 0 bridgehead atoms. The molecule has 3 N–H and O–H groups in total. The molecule has 0 radical (unpaired) electrons. The number of hydrazine groups is 1. The number of pyridine rings is 1. The van der Waals surface area contributed by atoms with Crippen molar-refractivity contribution in [1.82, 2.24) is 15.3 Å². The number of nitrogens with one attached hydrogen (secondary N) is 1. The van der Waals surface area contributed by atoms with Crippen molar-refractivity contribution in [2.45, 2.75) is 19.5 Å². The zero-order valence-corrected chi connectivity index (χ0v) is 12.1. The molecule has 8 heteroatoms. The summed E-state index contributed by atoms with van der Waals surface area (Å²) < 4.78 is 23.1. The van der Waals surface area contributed by atoms with Crippen molar-refractivity contribution in [1.29, 1.82) is 0 Å². The van der Waals surface area contributed by atoms with E-state index in [1.165, 1.54) is 0 Å². The van der Waals surface area contributed by atoms with Crippen LogP contribution in [-0.4, -0.2) is 48.3 Å². The summed E-state index contributed by atoms with van der Waals surface area (Å²) in [7, 11) is -2.93. The fraction of sp³-hybridized carbons (Fsp3) is 0.500. The van der Waals surface area contributed by atoms with Gasteiger partial charge in [-0.1, -0.05) is 6.07 Å². The second kappa shape index (κ2) is 5.86. The Balaban J connectivity index is 2.09. The third kappa shape index (κ3) is 3.53. The summed E-state index contributed by atoms with van der Waals surface area (Å²) in [6.45, 7) is 2.88. The van der Waals surface area contributed by atoms with E-state index in [1.54, 1.807) is 12.1 Å². The van der Waals surface area contributed by atoms with Crippen LogP contribution in [0.4, 0.5) is 0 Å². The lowest BCUT2D eigenvalue weighted by Gasteiger charge is -2.32. The molecule has 0 aromatic carbocycles. The van der Waals surface area contributed by atoms with Crippen molar-refractivity contribution in [3.05, 3.63) is 29.6 Å². The molecular formula is C12H18N4O3S. The van der Waals surface area contributed by atoms with Crippen molar-refractivity contribution in [2.75, 3.05) is 18.1 Å². The van der Waals surface area contributed by atoms with E-state index in [2.05, 4.69) is 4.98 Å². The van der Waals surface area contributed by atoms with E-state index in [0.717, 1.165) is 5.69 Å². The number of hydrogen-bond donors (Lipinski definition) is 2. The van der Waals surface area contributed by atoms with E-state index in [0.29, 0.717) is 13.1 Å². The average molecular weight is 298 g/mol. The Bertz CT molecular complexity index is 602. The lowest BCUT2D eigenvalue weighted by atomic mass is 10.2. The Morgan fingerprint density at radius 2 is 2.30 bits per heavy atom. The molecule has 1 unspecified atom stereocenters. The van der Waals surface area contributed by atoms with Crippen molar-refractivity contribution < 1.29 is 13.2 Å². The molecule has 2 rings (SSSR count). The molecule has 0 saturated carbocycles. The van der Waals surface area contributed by atoms with Crippen LogP contribution in [0.25, 0.3) is 0 Å². The predicted octanol–water partition coefficient (Wildman–Crippen LogP) is -0.696. The van der Waals surface area contributed by atoms with E-state index in [1.807, 2.05) is 23.3 Å². The zero-order chi connectivity index (χ0) is 14.8. The molecule has 2 heterocycles. The van der Waals surface area contributed by atoms with E-state index in [4.69, 9.17) is 5.84 Å². The highest BCUT2D eigenvalue weighted by atomic mass is 32.2. The third-order valence-electron chi connectivity index (χ3n) is 3.34. The van der Waals surface area contributed by atoms with Gasteiger partial charge >= 0.3 is 0 Å². The van der Waals surface area contributed by atoms with Crippen molar-refractivity contribution in [3.63, 3.8) is 0 Å². The van der Waals surface area contributed by atoms with Gasteiger partial charge < -0.3 is 0 Å². The Morgan fingerprint density at radius 3 is 2.95 bits per heavy atom. The first-order chi connectivity index (χ1) is 9.41. The molecule has 1 amide bonds. The molecule has 110 valence electrons. The highest BCUT2D eigenvalue weighted by Crippen LogP contribution is 2.14. The minimum Gasteiger partial charge on any atom is -0.293 e. The van der Waals surface area contributed by atoms with Gasteiger partial charge in [-0.05, 0) is 19.1 Å². The number of rotatable bonds is 3. The second-order valence-electron chi connectivity index (χ2n) is 4.92. The molecule has 1 aliphatic rings. The monoisotopic (exact) mass is 298 g/mol. The fourth-order valence-electron chi connectivity index (χ4n) is 2.24. The first-order valence-corrected chi connectivity index (χ1v) is 8.15. The minimum atomic E-state index is -2.93. The SMILES string of the molecule is CC1CS(=O)(=O)CCN1Cc1cccc(C(=O)NN)n1. The molecule has 1 atom stereocenters. The van der Waals surface area contributed by atoms with E-state index >= 15 is 0 Å². The number of amides is 1. The largest absolute Gasteiger partial charge is 0.293 e. The highest BCUT2D eigenvalue weighted by molar-refractivity contribution is 7.91. The van der Waals surface area contributed by atoms with Gasteiger partial charge in [0.1, 0.15) is 5.69 Å². The lowest BCUT2D eigenvalue weighted by molar-refractivity contribution is 0.0948. The number of carbonyl (C=O) groups is 1. The lowest BCUT2D eigenvalue weighted by Crippen LogP contribution is -2.46. The fourth-order valence-corrected chi connectivity index (χ4v) is 3.87. The van der Waals surface area contributed by atoms with Crippen LogP contribution < -0.4 is 11.3 Å². The molecule has 7 nitrogen and oxygen atoms in total. The van der Waals surface area contributed by atoms with Crippen LogP contribution in [-0.2, 0) is 16.4 Å². The maximum Gasteiger partial charge on any atom is 0.283 e. The summed E-state index contributed by atoms with van der Waals surface area (Å²) >= 11 is 0. The molecule has 0 spiro atoms. The standard InChI is InChI=1S/C12H18N4O3S/c1-9-8-20(18,19)6-5-16(9)7-10-3-2-4-11(14-10)12(17)15-13/h2-4,9H,5-8,13H2,1H3,(H,15,17). The van der Waals surface area contributed by atoms with Crippen molar-refractivity contribution >= 4 is 15.7 Å². The van der Waals surface area contributed by atoms with Gasteiger partial charge in [-0.3, -0.25) is 15.1 Å². The Hall–Kier alpha value is -1.51. The van der Waals surface area contributed by atoms with Crippen LogP contribution in [0.15, 0.2) is 18.2 Å². The van der Waals surface area contributed by atoms with Crippen LogP contribution >= 0.6 is 0 Å². The topological polar surface area (TPSA) is 105 Å². The predicted molar refractivity (Wildman–Crippen MR) is 74.4 cm³/mol. The normalized spacial score (nSPS) is 22.4. The first kappa shape index (κ1) is 14.9.